The first-order chi connectivity index (χ1) is 9.24. The Morgan fingerprint density at radius 1 is 1.37 bits per heavy atom. The molecule has 1 rings (SSSR count). The second-order valence-electron chi connectivity index (χ2n) is 3.75. The van der Waals surface area contributed by atoms with E-state index in [1.54, 1.807) is 6.07 Å². The Balaban J connectivity index is 2.01. The van der Waals surface area contributed by atoms with E-state index in [1.807, 2.05) is 18.4 Å². The molecule has 0 aliphatic rings. The molecule has 106 valence electrons. The molecule has 0 spiro atoms. The summed E-state index contributed by atoms with van der Waals surface area (Å²) >= 11 is 1.39. The molecule has 0 aliphatic heterocycles. The molecule has 0 saturated carbocycles. The number of nitrogens with one attached hydrogen (secondary N) is 1. The van der Waals surface area contributed by atoms with Gasteiger partial charge in [0.25, 0.3) is 5.91 Å². The third kappa shape index (κ3) is 6.93. The first kappa shape index (κ1) is 15.7. The van der Waals surface area contributed by atoms with Crippen LogP contribution in [0, 0.1) is 0 Å². The molecule has 0 unspecified atom stereocenters. The molecular formula is C13H19NO4S. The summed E-state index contributed by atoms with van der Waals surface area (Å²) in [6, 6.07) is 3.59. The topological polar surface area (TPSA) is 64.6 Å². The van der Waals surface area contributed by atoms with Crippen LogP contribution < -0.4 is 5.32 Å². The lowest BCUT2D eigenvalue weighted by atomic mass is 10.3. The summed E-state index contributed by atoms with van der Waals surface area (Å²) in [6.07, 6.45) is 0.876. The molecule has 0 fully saturated rings. The van der Waals surface area contributed by atoms with Crippen LogP contribution in [-0.2, 0) is 14.3 Å². The fourth-order valence-electron chi connectivity index (χ4n) is 1.36. The van der Waals surface area contributed by atoms with Crippen molar-refractivity contribution < 1.29 is 19.1 Å². The minimum atomic E-state index is -0.259. The van der Waals surface area contributed by atoms with Crippen LogP contribution >= 0.6 is 11.3 Å². The Hall–Kier alpha value is -1.40. The third-order valence-corrected chi connectivity index (χ3v) is 3.15. The van der Waals surface area contributed by atoms with Crippen LogP contribution in [0.4, 0.5) is 0 Å². The van der Waals surface area contributed by atoms with Gasteiger partial charge < -0.3 is 14.8 Å². The van der Waals surface area contributed by atoms with Gasteiger partial charge in [-0.3, -0.25) is 9.59 Å². The Labute approximate surface area is 116 Å². The van der Waals surface area contributed by atoms with Crippen molar-refractivity contribution in [2.24, 2.45) is 0 Å². The normalized spacial score (nSPS) is 10.2. The van der Waals surface area contributed by atoms with E-state index in [0.29, 0.717) is 37.5 Å². The van der Waals surface area contributed by atoms with Gasteiger partial charge in [-0.05, 0) is 24.8 Å². The first-order valence-corrected chi connectivity index (χ1v) is 7.17. The molecular weight excluding hydrogens is 266 g/mol. The lowest BCUT2D eigenvalue weighted by molar-refractivity contribution is -0.145. The maximum atomic E-state index is 11.6. The second kappa shape index (κ2) is 9.52. The summed E-state index contributed by atoms with van der Waals surface area (Å²) in [4.78, 5) is 23.5. The number of ether oxygens (including phenoxy) is 2. The fraction of sp³-hybridized carbons (Fsp3) is 0.538. The van der Waals surface area contributed by atoms with E-state index in [2.05, 4.69) is 5.32 Å². The van der Waals surface area contributed by atoms with Gasteiger partial charge >= 0.3 is 5.97 Å². The quantitative estimate of drug-likeness (QED) is 0.555. The molecule has 0 saturated heterocycles. The molecule has 1 aromatic heterocycles. The molecule has 1 amide bonds. The number of carbonyl (C=O) groups excluding carboxylic acids is 2. The zero-order valence-electron chi connectivity index (χ0n) is 11.0. The number of rotatable bonds is 9. The standard InChI is InChI=1S/C13H19NO4S/c1-2-17-8-9-18-12(15)6-3-7-14-13(16)11-5-4-10-19-11/h4-5,10H,2-3,6-9H2,1H3,(H,14,16). The predicted molar refractivity (Wildman–Crippen MR) is 73.3 cm³/mol. The summed E-state index contributed by atoms with van der Waals surface area (Å²) in [5.74, 6) is -0.357. The van der Waals surface area contributed by atoms with Gasteiger partial charge in [0.2, 0.25) is 0 Å². The Morgan fingerprint density at radius 2 is 2.21 bits per heavy atom. The molecule has 0 atom stereocenters. The van der Waals surface area contributed by atoms with Gasteiger partial charge in [-0.2, -0.15) is 0 Å². The summed E-state index contributed by atoms with van der Waals surface area (Å²) in [5, 5.41) is 4.61. The average molecular weight is 285 g/mol. The van der Waals surface area contributed by atoms with Crippen LogP contribution in [0.1, 0.15) is 29.4 Å². The van der Waals surface area contributed by atoms with Crippen LogP contribution in [0.15, 0.2) is 17.5 Å². The number of amides is 1. The number of hydrogen-bond donors (Lipinski definition) is 1. The van der Waals surface area contributed by atoms with E-state index in [9.17, 15) is 9.59 Å². The van der Waals surface area contributed by atoms with Crippen LogP contribution in [0.5, 0.6) is 0 Å². The van der Waals surface area contributed by atoms with E-state index in [1.165, 1.54) is 11.3 Å². The fourth-order valence-corrected chi connectivity index (χ4v) is 2.00. The largest absolute Gasteiger partial charge is 0.463 e. The molecule has 19 heavy (non-hydrogen) atoms. The lowest BCUT2D eigenvalue weighted by Crippen LogP contribution is -2.24. The predicted octanol–water partition coefficient (Wildman–Crippen LogP) is 1.84. The van der Waals surface area contributed by atoms with Gasteiger partial charge in [-0.25, -0.2) is 0 Å². The van der Waals surface area contributed by atoms with Crippen molar-refractivity contribution >= 4 is 23.2 Å². The Morgan fingerprint density at radius 3 is 2.89 bits per heavy atom. The zero-order valence-corrected chi connectivity index (χ0v) is 11.8. The lowest BCUT2D eigenvalue weighted by Gasteiger charge is -2.05. The minimum Gasteiger partial charge on any atom is -0.463 e. The van der Waals surface area contributed by atoms with Crippen molar-refractivity contribution in [3.8, 4) is 0 Å². The summed E-state index contributed by atoms with van der Waals surface area (Å²) in [6.45, 7) is 3.69. The van der Waals surface area contributed by atoms with Crippen molar-refractivity contribution in [3.05, 3.63) is 22.4 Å². The van der Waals surface area contributed by atoms with Gasteiger partial charge in [0.15, 0.2) is 0 Å². The van der Waals surface area contributed by atoms with Crippen molar-refractivity contribution in [2.45, 2.75) is 19.8 Å². The molecule has 0 radical (unpaired) electrons. The van der Waals surface area contributed by atoms with Crippen molar-refractivity contribution in [3.63, 3.8) is 0 Å². The highest BCUT2D eigenvalue weighted by Crippen LogP contribution is 2.07. The van der Waals surface area contributed by atoms with E-state index in [4.69, 9.17) is 9.47 Å². The van der Waals surface area contributed by atoms with Crippen LogP contribution in [0.2, 0.25) is 0 Å². The number of carbonyl (C=O) groups is 2. The highest BCUT2D eigenvalue weighted by atomic mass is 32.1. The van der Waals surface area contributed by atoms with Crippen LogP contribution in [-0.4, -0.2) is 38.2 Å². The SMILES string of the molecule is CCOCCOC(=O)CCCNC(=O)c1cccs1. The summed E-state index contributed by atoms with van der Waals surface area (Å²) < 4.78 is 10.00. The van der Waals surface area contributed by atoms with Gasteiger partial charge in [0.1, 0.15) is 6.61 Å². The minimum absolute atomic E-state index is 0.0975. The molecule has 0 aliphatic carbocycles. The van der Waals surface area contributed by atoms with Crippen LogP contribution in [0.25, 0.3) is 0 Å². The van der Waals surface area contributed by atoms with Gasteiger partial charge in [0.05, 0.1) is 11.5 Å². The third-order valence-electron chi connectivity index (χ3n) is 2.28. The highest BCUT2D eigenvalue weighted by Gasteiger charge is 2.06. The number of thiophene rings is 1. The zero-order chi connectivity index (χ0) is 13.9. The van der Waals surface area contributed by atoms with Gasteiger partial charge in [-0.15, -0.1) is 11.3 Å². The summed E-state index contributed by atoms with van der Waals surface area (Å²) in [5.41, 5.74) is 0. The van der Waals surface area contributed by atoms with E-state index < -0.39 is 0 Å². The van der Waals surface area contributed by atoms with Crippen LogP contribution in [0.3, 0.4) is 0 Å². The smallest absolute Gasteiger partial charge is 0.305 e. The van der Waals surface area contributed by atoms with Crippen molar-refractivity contribution in [2.75, 3.05) is 26.4 Å². The first-order valence-electron chi connectivity index (χ1n) is 6.29. The highest BCUT2D eigenvalue weighted by molar-refractivity contribution is 7.12. The number of esters is 1. The summed E-state index contributed by atoms with van der Waals surface area (Å²) in [7, 11) is 0. The van der Waals surface area contributed by atoms with E-state index >= 15 is 0 Å². The van der Waals surface area contributed by atoms with Crippen molar-refractivity contribution in [1.29, 1.82) is 0 Å². The van der Waals surface area contributed by atoms with E-state index in [-0.39, 0.29) is 18.5 Å². The maximum absolute atomic E-state index is 11.6. The Bertz CT molecular complexity index is 378. The average Bonchev–Trinajstić information content (AvgIpc) is 2.93. The second-order valence-corrected chi connectivity index (χ2v) is 4.70. The molecule has 1 N–H and O–H groups in total. The molecule has 0 bridgehead atoms. The maximum Gasteiger partial charge on any atom is 0.305 e. The molecule has 5 nitrogen and oxygen atoms in total. The number of hydrogen-bond acceptors (Lipinski definition) is 5. The molecule has 0 aromatic carbocycles. The molecule has 6 heteroatoms. The molecule has 1 heterocycles. The van der Waals surface area contributed by atoms with Gasteiger partial charge in [-0.1, -0.05) is 6.07 Å². The Kier molecular flexibility index (Phi) is 7.84. The monoisotopic (exact) mass is 285 g/mol. The van der Waals surface area contributed by atoms with Gasteiger partial charge in [0, 0.05) is 19.6 Å². The molecule has 1 aromatic rings. The van der Waals surface area contributed by atoms with Crippen molar-refractivity contribution in [1.82, 2.24) is 5.32 Å². The van der Waals surface area contributed by atoms with E-state index in [0.717, 1.165) is 0 Å².